The lowest BCUT2D eigenvalue weighted by atomic mass is 9.98. The molecule has 3 heterocycles. The number of hydrogen-bond acceptors (Lipinski definition) is 1. The molecule has 11 aromatic rings. The Kier molecular flexibility index (Phi) is 5.96. The Hall–Kier alpha value is -6.84. The first kappa shape index (κ1) is 28.0. The van der Waals surface area contributed by atoms with Gasteiger partial charge in [-0.1, -0.05) is 121 Å². The summed E-state index contributed by atoms with van der Waals surface area (Å²) in [6, 6.07) is 65.5. The van der Waals surface area contributed by atoms with Gasteiger partial charge in [0, 0.05) is 49.8 Å². The van der Waals surface area contributed by atoms with Crippen molar-refractivity contribution in [1.29, 1.82) is 0 Å². The molecule has 0 N–H and O–H groups in total. The van der Waals surface area contributed by atoms with E-state index in [0.29, 0.717) is 0 Å². The van der Waals surface area contributed by atoms with Crippen LogP contribution in [0.2, 0.25) is 0 Å². The number of nitrogens with zero attached hydrogens (tertiary/aromatic N) is 2. The van der Waals surface area contributed by atoms with Crippen LogP contribution in [-0.4, -0.2) is 9.13 Å². The number of aromatic nitrogens is 2. The van der Waals surface area contributed by atoms with Crippen LogP contribution in [0.25, 0.3) is 99.2 Å². The van der Waals surface area contributed by atoms with Crippen molar-refractivity contribution in [2.24, 2.45) is 0 Å². The smallest absolute Gasteiger partial charge is 0.137 e. The van der Waals surface area contributed by atoms with Crippen molar-refractivity contribution < 1.29 is 4.42 Å². The minimum Gasteiger partial charge on any atom is -0.456 e. The third-order valence-corrected chi connectivity index (χ3v) is 10.5. The van der Waals surface area contributed by atoms with Crippen molar-refractivity contribution in [2.45, 2.75) is 0 Å². The third kappa shape index (κ3) is 4.19. The Balaban J connectivity index is 1.25. The molecule has 0 unspecified atom stereocenters. The fourth-order valence-corrected chi connectivity index (χ4v) is 8.24. The van der Waals surface area contributed by atoms with E-state index in [1.165, 1.54) is 65.9 Å². The number of benzene rings is 8. The molecule has 11 rings (SSSR count). The van der Waals surface area contributed by atoms with E-state index in [4.69, 9.17) is 4.42 Å². The molecule has 238 valence electrons. The van der Waals surface area contributed by atoms with Gasteiger partial charge >= 0.3 is 0 Å². The zero-order chi connectivity index (χ0) is 33.5. The number of fused-ring (bicyclic) bond motifs is 10. The van der Waals surface area contributed by atoms with Crippen molar-refractivity contribution in [3.8, 4) is 33.6 Å². The quantitative estimate of drug-likeness (QED) is 0.186. The summed E-state index contributed by atoms with van der Waals surface area (Å²) in [7, 11) is 0. The Morgan fingerprint density at radius 2 is 0.882 bits per heavy atom. The van der Waals surface area contributed by atoms with Crippen molar-refractivity contribution in [1.82, 2.24) is 9.13 Å². The largest absolute Gasteiger partial charge is 0.456 e. The first-order valence-corrected chi connectivity index (χ1v) is 17.4. The molecule has 3 aromatic heterocycles. The Bertz CT molecular complexity index is 3070. The van der Waals surface area contributed by atoms with E-state index < -0.39 is 0 Å². The molecular formula is C48H30N2O. The summed E-state index contributed by atoms with van der Waals surface area (Å²) in [4.78, 5) is 0. The molecule has 0 radical (unpaired) electrons. The summed E-state index contributed by atoms with van der Waals surface area (Å²) < 4.78 is 11.3. The second kappa shape index (κ2) is 10.8. The van der Waals surface area contributed by atoms with Gasteiger partial charge < -0.3 is 13.6 Å². The van der Waals surface area contributed by atoms with Crippen LogP contribution in [-0.2, 0) is 0 Å². The lowest BCUT2D eigenvalue weighted by molar-refractivity contribution is 0.668. The van der Waals surface area contributed by atoms with E-state index in [1.54, 1.807) is 0 Å². The summed E-state index contributed by atoms with van der Waals surface area (Å²) in [5.74, 6) is 0. The summed E-state index contributed by atoms with van der Waals surface area (Å²) in [5, 5.41) is 7.18. The molecule has 3 nitrogen and oxygen atoms in total. The second-order valence-corrected chi connectivity index (χ2v) is 13.3. The number of para-hydroxylation sites is 3. The maximum atomic E-state index is 6.41. The van der Waals surface area contributed by atoms with E-state index in [0.717, 1.165) is 33.3 Å². The van der Waals surface area contributed by atoms with E-state index in [9.17, 15) is 0 Å². The predicted molar refractivity (Wildman–Crippen MR) is 213 cm³/mol. The van der Waals surface area contributed by atoms with Crippen LogP contribution in [0.5, 0.6) is 0 Å². The molecule has 0 bridgehead atoms. The van der Waals surface area contributed by atoms with Gasteiger partial charge in [-0.2, -0.15) is 0 Å². The van der Waals surface area contributed by atoms with E-state index in [2.05, 4.69) is 179 Å². The first-order chi connectivity index (χ1) is 25.3. The normalized spacial score (nSPS) is 11.9. The van der Waals surface area contributed by atoms with Crippen molar-refractivity contribution in [3.63, 3.8) is 0 Å². The highest BCUT2D eigenvalue weighted by Gasteiger charge is 2.22. The molecule has 0 saturated carbocycles. The maximum absolute atomic E-state index is 6.41. The van der Waals surface area contributed by atoms with Gasteiger partial charge in [-0.15, -0.1) is 0 Å². The fourth-order valence-electron chi connectivity index (χ4n) is 8.24. The van der Waals surface area contributed by atoms with Gasteiger partial charge in [0.15, 0.2) is 0 Å². The molecule has 0 aliphatic heterocycles. The minimum absolute atomic E-state index is 0.889. The predicted octanol–water partition coefficient (Wildman–Crippen LogP) is 13.1. The summed E-state index contributed by atoms with van der Waals surface area (Å²) in [6.07, 6.45) is 0. The molecule has 51 heavy (non-hydrogen) atoms. The average molecular weight is 651 g/mol. The van der Waals surface area contributed by atoms with Crippen molar-refractivity contribution >= 4 is 65.6 Å². The number of hydrogen-bond donors (Lipinski definition) is 0. The molecule has 0 atom stereocenters. The third-order valence-electron chi connectivity index (χ3n) is 10.5. The van der Waals surface area contributed by atoms with Gasteiger partial charge in [-0.3, -0.25) is 0 Å². The highest BCUT2D eigenvalue weighted by Crippen LogP contribution is 2.43. The minimum atomic E-state index is 0.889. The van der Waals surface area contributed by atoms with Crippen LogP contribution in [0.3, 0.4) is 0 Å². The topological polar surface area (TPSA) is 23.0 Å². The van der Waals surface area contributed by atoms with Crippen LogP contribution in [0.1, 0.15) is 0 Å². The van der Waals surface area contributed by atoms with Crippen LogP contribution < -0.4 is 0 Å². The number of rotatable bonds is 4. The van der Waals surface area contributed by atoms with Crippen LogP contribution in [0, 0.1) is 0 Å². The standard InChI is InChI=1S/C48H30N2O/c1-3-13-31(14-4-1)33-27-34(32-15-5-2-6-16-32)29-36(28-33)49-43-21-11-8-19-41(43)47-44(49)26-25-40-37-17-7-10-20-42(37)50(48(40)47)35-23-24-39-38-18-9-12-22-45(38)51-46(39)30-35/h1-30H. The Morgan fingerprint density at radius 1 is 0.314 bits per heavy atom. The van der Waals surface area contributed by atoms with E-state index in [1.807, 2.05) is 12.1 Å². The summed E-state index contributed by atoms with van der Waals surface area (Å²) in [5.41, 5.74) is 13.5. The van der Waals surface area contributed by atoms with Crippen LogP contribution in [0.15, 0.2) is 186 Å². The molecule has 0 fully saturated rings. The molecule has 3 heteroatoms. The molecule has 8 aromatic carbocycles. The van der Waals surface area contributed by atoms with E-state index in [-0.39, 0.29) is 0 Å². The lowest BCUT2D eigenvalue weighted by Gasteiger charge is -2.14. The molecular weight excluding hydrogens is 621 g/mol. The maximum Gasteiger partial charge on any atom is 0.137 e. The van der Waals surface area contributed by atoms with Gasteiger partial charge in [0.2, 0.25) is 0 Å². The van der Waals surface area contributed by atoms with Gasteiger partial charge in [0.05, 0.1) is 22.1 Å². The Labute approximate surface area is 293 Å². The Morgan fingerprint density at radius 3 is 1.61 bits per heavy atom. The fraction of sp³-hybridized carbons (Fsp3) is 0. The molecule has 0 saturated heterocycles. The zero-order valence-corrected chi connectivity index (χ0v) is 27.6. The first-order valence-electron chi connectivity index (χ1n) is 17.4. The van der Waals surface area contributed by atoms with Crippen molar-refractivity contribution in [3.05, 3.63) is 182 Å². The molecule has 0 aliphatic carbocycles. The highest BCUT2D eigenvalue weighted by atomic mass is 16.3. The lowest BCUT2D eigenvalue weighted by Crippen LogP contribution is -1.97. The zero-order valence-electron chi connectivity index (χ0n) is 27.6. The van der Waals surface area contributed by atoms with Gasteiger partial charge in [-0.05, 0) is 76.9 Å². The summed E-state index contributed by atoms with van der Waals surface area (Å²) in [6.45, 7) is 0. The molecule has 0 spiro atoms. The average Bonchev–Trinajstić information content (AvgIpc) is 3.85. The van der Waals surface area contributed by atoms with Crippen LogP contribution >= 0.6 is 0 Å². The van der Waals surface area contributed by atoms with E-state index >= 15 is 0 Å². The van der Waals surface area contributed by atoms with Gasteiger partial charge in [0.25, 0.3) is 0 Å². The summed E-state index contributed by atoms with van der Waals surface area (Å²) >= 11 is 0. The van der Waals surface area contributed by atoms with Crippen molar-refractivity contribution in [2.75, 3.05) is 0 Å². The molecule has 0 aliphatic rings. The van der Waals surface area contributed by atoms with Crippen LogP contribution in [0.4, 0.5) is 0 Å². The monoisotopic (exact) mass is 650 g/mol. The highest BCUT2D eigenvalue weighted by molar-refractivity contribution is 6.26. The number of furan rings is 1. The van der Waals surface area contributed by atoms with Gasteiger partial charge in [-0.25, -0.2) is 0 Å². The second-order valence-electron chi connectivity index (χ2n) is 13.3. The SMILES string of the molecule is c1ccc(-c2cc(-c3ccccc3)cc(-n3c4ccccc4c4c3ccc3c5ccccc5n(-c5ccc6c(c5)oc5ccccc56)c34)c2)cc1. The van der Waals surface area contributed by atoms with Gasteiger partial charge in [0.1, 0.15) is 11.2 Å². The molecule has 0 amide bonds.